The second-order valence-corrected chi connectivity index (χ2v) is 6.46. The molecule has 3 aliphatic rings. The fourth-order valence-electron chi connectivity index (χ4n) is 3.78. The second-order valence-electron chi connectivity index (χ2n) is 6.46. The van der Waals surface area contributed by atoms with Crippen LogP contribution in [0, 0.1) is 11.8 Å². The predicted octanol–water partition coefficient (Wildman–Crippen LogP) is 3.11. The van der Waals surface area contributed by atoms with Crippen LogP contribution >= 0.6 is 0 Å². The topological polar surface area (TPSA) is 21.3 Å². The van der Waals surface area contributed by atoms with Crippen molar-refractivity contribution in [2.24, 2.45) is 11.8 Å². The molecule has 1 spiro atoms. The van der Waals surface area contributed by atoms with Crippen LogP contribution in [0.25, 0.3) is 0 Å². The third-order valence-corrected chi connectivity index (χ3v) is 5.06. The fraction of sp³-hybridized carbons (Fsp3) is 1.00. The molecule has 2 heteroatoms. The molecule has 0 aromatic carbocycles. The zero-order chi connectivity index (χ0) is 11.7. The summed E-state index contributed by atoms with van der Waals surface area (Å²) in [6, 6.07) is 0.802. The lowest BCUT2D eigenvalue weighted by Crippen LogP contribution is -2.51. The van der Waals surface area contributed by atoms with E-state index in [1.807, 2.05) is 0 Å². The van der Waals surface area contributed by atoms with Crippen LogP contribution in [0.3, 0.4) is 0 Å². The fourth-order valence-corrected chi connectivity index (χ4v) is 3.78. The van der Waals surface area contributed by atoms with E-state index in [1.165, 1.54) is 57.9 Å². The van der Waals surface area contributed by atoms with E-state index in [9.17, 15) is 0 Å². The Balaban J connectivity index is 1.59. The largest absolute Gasteiger partial charge is 0.375 e. The lowest BCUT2D eigenvalue weighted by Gasteiger charge is -2.49. The average molecular weight is 237 g/mol. The van der Waals surface area contributed by atoms with Gasteiger partial charge in [0.05, 0.1) is 5.60 Å². The number of hydrogen-bond donors (Lipinski definition) is 1. The van der Waals surface area contributed by atoms with Crippen LogP contribution in [0.5, 0.6) is 0 Å². The minimum Gasteiger partial charge on any atom is -0.375 e. The van der Waals surface area contributed by atoms with Gasteiger partial charge in [0, 0.05) is 12.6 Å². The SMILES string of the molecule is CCCNC(C1CC1)C1CCOC2(CCC2)C1. The highest BCUT2D eigenvalue weighted by Gasteiger charge is 2.46. The van der Waals surface area contributed by atoms with Crippen molar-refractivity contribution in [3.05, 3.63) is 0 Å². The van der Waals surface area contributed by atoms with Crippen molar-refractivity contribution in [3.63, 3.8) is 0 Å². The van der Waals surface area contributed by atoms with Gasteiger partial charge in [-0.1, -0.05) is 6.92 Å². The van der Waals surface area contributed by atoms with Gasteiger partial charge in [0.2, 0.25) is 0 Å². The molecule has 0 radical (unpaired) electrons. The molecule has 2 atom stereocenters. The van der Waals surface area contributed by atoms with Gasteiger partial charge in [0.15, 0.2) is 0 Å². The Hall–Kier alpha value is -0.0800. The van der Waals surface area contributed by atoms with E-state index in [1.54, 1.807) is 0 Å². The van der Waals surface area contributed by atoms with Crippen LogP contribution in [0.2, 0.25) is 0 Å². The summed E-state index contributed by atoms with van der Waals surface area (Å²) in [5, 5.41) is 3.83. The monoisotopic (exact) mass is 237 g/mol. The van der Waals surface area contributed by atoms with Gasteiger partial charge in [-0.3, -0.25) is 0 Å². The molecule has 0 bridgehead atoms. The summed E-state index contributed by atoms with van der Waals surface area (Å²) >= 11 is 0. The van der Waals surface area contributed by atoms with Gasteiger partial charge in [-0.2, -0.15) is 0 Å². The van der Waals surface area contributed by atoms with E-state index in [0.29, 0.717) is 5.60 Å². The molecule has 2 nitrogen and oxygen atoms in total. The lowest BCUT2D eigenvalue weighted by atomic mass is 9.70. The maximum Gasteiger partial charge on any atom is 0.0685 e. The summed E-state index contributed by atoms with van der Waals surface area (Å²) in [5.41, 5.74) is 0.323. The van der Waals surface area contributed by atoms with Gasteiger partial charge >= 0.3 is 0 Å². The second kappa shape index (κ2) is 4.89. The molecule has 17 heavy (non-hydrogen) atoms. The molecule has 2 aliphatic carbocycles. The summed E-state index contributed by atoms with van der Waals surface area (Å²) in [7, 11) is 0. The van der Waals surface area contributed by atoms with E-state index in [0.717, 1.165) is 24.5 Å². The van der Waals surface area contributed by atoms with Gasteiger partial charge in [-0.05, 0) is 69.7 Å². The molecule has 2 unspecified atom stereocenters. The maximum absolute atomic E-state index is 6.06. The first-order chi connectivity index (χ1) is 8.33. The molecule has 3 rings (SSSR count). The van der Waals surface area contributed by atoms with Gasteiger partial charge in [0.25, 0.3) is 0 Å². The summed E-state index contributed by atoms with van der Waals surface area (Å²) < 4.78 is 6.06. The van der Waals surface area contributed by atoms with E-state index in [2.05, 4.69) is 12.2 Å². The third kappa shape index (κ3) is 2.53. The van der Waals surface area contributed by atoms with Crippen LogP contribution in [0.1, 0.15) is 58.3 Å². The van der Waals surface area contributed by atoms with E-state index in [-0.39, 0.29) is 0 Å². The minimum absolute atomic E-state index is 0.323. The Bertz CT molecular complexity index is 258. The number of ether oxygens (including phenoxy) is 1. The highest BCUT2D eigenvalue weighted by molar-refractivity contribution is 4.99. The summed E-state index contributed by atoms with van der Waals surface area (Å²) in [6.45, 7) is 4.49. The van der Waals surface area contributed by atoms with Crippen molar-refractivity contribution in [3.8, 4) is 0 Å². The highest BCUT2D eigenvalue weighted by Crippen LogP contribution is 2.48. The molecule has 1 saturated heterocycles. The predicted molar refractivity (Wildman–Crippen MR) is 70.1 cm³/mol. The Morgan fingerprint density at radius 2 is 2.06 bits per heavy atom. The number of rotatable bonds is 5. The van der Waals surface area contributed by atoms with Gasteiger partial charge < -0.3 is 10.1 Å². The maximum atomic E-state index is 6.06. The van der Waals surface area contributed by atoms with Gasteiger partial charge in [-0.15, -0.1) is 0 Å². The quantitative estimate of drug-likeness (QED) is 0.793. The third-order valence-electron chi connectivity index (χ3n) is 5.06. The molecule has 1 N–H and O–H groups in total. The first-order valence-electron chi connectivity index (χ1n) is 7.70. The van der Waals surface area contributed by atoms with Crippen LogP contribution in [0.4, 0.5) is 0 Å². The Kier molecular flexibility index (Phi) is 3.45. The molecule has 0 aromatic heterocycles. The average Bonchev–Trinajstić information content (AvgIpc) is 3.12. The van der Waals surface area contributed by atoms with Crippen molar-refractivity contribution in [1.29, 1.82) is 0 Å². The first kappa shape index (κ1) is 12.0. The molecule has 0 amide bonds. The molecule has 1 heterocycles. The van der Waals surface area contributed by atoms with E-state index < -0.39 is 0 Å². The number of hydrogen-bond acceptors (Lipinski definition) is 2. The summed E-state index contributed by atoms with van der Waals surface area (Å²) in [5.74, 6) is 1.88. The summed E-state index contributed by atoms with van der Waals surface area (Å²) in [6.07, 6.45) is 10.9. The van der Waals surface area contributed by atoms with Gasteiger partial charge in [0.1, 0.15) is 0 Å². The molecule has 1 aliphatic heterocycles. The lowest BCUT2D eigenvalue weighted by molar-refractivity contribution is -0.147. The van der Waals surface area contributed by atoms with Crippen molar-refractivity contribution >= 4 is 0 Å². The van der Waals surface area contributed by atoms with E-state index in [4.69, 9.17) is 4.74 Å². The van der Waals surface area contributed by atoms with Crippen LogP contribution in [0.15, 0.2) is 0 Å². The molecule has 2 saturated carbocycles. The smallest absolute Gasteiger partial charge is 0.0685 e. The Morgan fingerprint density at radius 3 is 2.65 bits per heavy atom. The molecular weight excluding hydrogens is 210 g/mol. The molecule has 0 aromatic rings. The van der Waals surface area contributed by atoms with Crippen LogP contribution in [-0.2, 0) is 4.74 Å². The zero-order valence-electron chi connectivity index (χ0n) is 11.2. The number of nitrogens with one attached hydrogen (secondary N) is 1. The van der Waals surface area contributed by atoms with E-state index >= 15 is 0 Å². The van der Waals surface area contributed by atoms with Crippen molar-refractivity contribution in [1.82, 2.24) is 5.32 Å². The standard InChI is InChI=1S/C15H27NO/c1-2-9-16-14(12-4-5-12)13-6-10-17-15(11-13)7-3-8-15/h12-14,16H,2-11H2,1H3. The zero-order valence-corrected chi connectivity index (χ0v) is 11.2. The van der Waals surface area contributed by atoms with Crippen molar-refractivity contribution in [2.45, 2.75) is 69.9 Å². The molecule has 3 fully saturated rings. The molecule has 98 valence electrons. The minimum atomic E-state index is 0.323. The van der Waals surface area contributed by atoms with Gasteiger partial charge in [-0.25, -0.2) is 0 Å². The van der Waals surface area contributed by atoms with Crippen LogP contribution < -0.4 is 5.32 Å². The van der Waals surface area contributed by atoms with Crippen molar-refractivity contribution < 1.29 is 4.74 Å². The Morgan fingerprint density at radius 1 is 1.24 bits per heavy atom. The van der Waals surface area contributed by atoms with Crippen molar-refractivity contribution in [2.75, 3.05) is 13.2 Å². The highest BCUT2D eigenvalue weighted by atomic mass is 16.5. The molecular formula is C15H27NO. The first-order valence-corrected chi connectivity index (χ1v) is 7.70. The van der Waals surface area contributed by atoms with Crippen LogP contribution in [-0.4, -0.2) is 24.8 Å². The summed E-state index contributed by atoms with van der Waals surface area (Å²) in [4.78, 5) is 0. The Labute approximate surface area is 105 Å². The normalized spacial score (nSPS) is 33.4.